The normalized spacial score (nSPS) is 12.9. The predicted octanol–water partition coefficient (Wildman–Crippen LogP) is 3.03. The summed E-state index contributed by atoms with van der Waals surface area (Å²) >= 11 is 0. The SMILES string of the molecule is CCCNc1cn2ccnc2c(N(C)C(C)C(C)C)n1. The largest absolute Gasteiger partial charge is 0.369 e. The van der Waals surface area contributed by atoms with E-state index in [2.05, 4.69) is 49.9 Å². The zero-order valence-corrected chi connectivity index (χ0v) is 13.1. The number of imidazole rings is 1. The van der Waals surface area contributed by atoms with Gasteiger partial charge in [0.15, 0.2) is 11.5 Å². The summed E-state index contributed by atoms with van der Waals surface area (Å²) in [6.07, 6.45) is 6.86. The maximum Gasteiger partial charge on any atom is 0.180 e. The van der Waals surface area contributed by atoms with E-state index in [0.29, 0.717) is 12.0 Å². The Kier molecular flexibility index (Phi) is 4.47. The van der Waals surface area contributed by atoms with E-state index in [9.17, 15) is 0 Å². The quantitative estimate of drug-likeness (QED) is 0.880. The third kappa shape index (κ3) is 2.86. The maximum atomic E-state index is 4.75. The van der Waals surface area contributed by atoms with E-state index < -0.39 is 0 Å². The Bertz CT molecular complexity index is 560. The van der Waals surface area contributed by atoms with Gasteiger partial charge in [0.25, 0.3) is 0 Å². The number of anilines is 2. The molecule has 0 saturated carbocycles. The fourth-order valence-electron chi connectivity index (χ4n) is 2.13. The average Bonchev–Trinajstić information content (AvgIpc) is 2.90. The molecule has 2 heterocycles. The first-order valence-corrected chi connectivity index (χ1v) is 7.35. The molecule has 0 aliphatic rings. The van der Waals surface area contributed by atoms with Crippen LogP contribution in [0.3, 0.4) is 0 Å². The van der Waals surface area contributed by atoms with Crippen LogP contribution in [0.25, 0.3) is 5.65 Å². The van der Waals surface area contributed by atoms with E-state index in [1.165, 1.54) is 0 Å². The molecule has 2 aromatic rings. The van der Waals surface area contributed by atoms with E-state index >= 15 is 0 Å². The molecule has 0 aliphatic carbocycles. The number of nitrogens with zero attached hydrogens (tertiary/aromatic N) is 4. The highest BCUT2D eigenvalue weighted by Crippen LogP contribution is 2.23. The molecule has 110 valence electrons. The third-order valence-corrected chi connectivity index (χ3v) is 3.82. The van der Waals surface area contributed by atoms with Gasteiger partial charge >= 0.3 is 0 Å². The highest BCUT2D eigenvalue weighted by Gasteiger charge is 2.19. The molecule has 0 fully saturated rings. The lowest BCUT2D eigenvalue weighted by Gasteiger charge is -2.29. The molecule has 0 aromatic carbocycles. The number of nitrogens with one attached hydrogen (secondary N) is 1. The van der Waals surface area contributed by atoms with Gasteiger partial charge < -0.3 is 14.6 Å². The Morgan fingerprint density at radius 1 is 1.35 bits per heavy atom. The summed E-state index contributed by atoms with van der Waals surface area (Å²) in [4.78, 5) is 11.4. The van der Waals surface area contributed by atoms with Gasteiger partial charge in [0.05, 0.1) is 6.20 Å². The molecule has 0 aliphatic heterocycles. The van der Waals surface area contributed by atoms with Crippen LogP contribution in [0.15, 0.2) is 18.6 Å². The van der Waals surface area contributed by atoms with E-state index in [-0.39, 0.29) is 0 Å². The van der Waals surface area contributed by atoms with Gasteiger partial charge in [-0.05, 0) is 19.3 Å². The van der Waals surface area contributed by atoms with Gasteiger partial charge in [-0.1, -0.05) is 20.8 Å². The lowest BCUT2D eigenvalue weighted by atomic mass is 10.1. The van der Waals surface area contributed by atoms with Gasteiger partial charge in [0.1, 0.15) is 5.82 Å². The zero-order chi connectivity index (χ0) is 14.7. The van der Waals surface area contributed by atoms with Gasteiger partial charge in [0.2, 0.25) is 0 Å². The first-order valence-electron chi connectivity index (χ1n) is 7.35. The summed E-state index contributed by atoms with van der Waals surface area (Å²) in [6, 6.07) is 0.407. The van der Waals surface area contributed by atoms with Crippen molar-refractivity contribution < 1.29 is 0 Å². The summed E-state index contributed by atoms with van der Waals surface area (Å²) in [5.41, 5.74) is 0.905. The Morgan fingerprint density at radius 3 is 2.75 bits per heavy atom. The van der Waals surface area contributed by atoms with Crippen molar-refractivity contribution in [1.29, 1.82) is 0 Å². The Morgan fingerprint density at radius 2 is 2.10 bits per heavy atom. The van der Waals surface area contributed by atoms with Gasteiger partial charge in [-0.25, -0.2) is 9.97 Å². The van der Waals surface area contributed by atoms with Crippen LogP contribution in [0.4, 0.5) is 11.6 Å². The van der Waals surface area contributed by atoms with Crippen molar-refractivity contribution in [2.75, 3.05) is 23.8 Å². The van der Waals surface area contributed by atoms with Crippen molar-refractivity contribution in [2.24, 2.45) is 5.92 Å². The third-order valence-electron chi connectivity index (χ3n) is 3.82. The number of hydrogen-bond acceptors (Lipinski definition) is 4. The van der Waals surface area contributed by atoms with E-state index in [0.717, 1.165) is 30.2 Å². The minimum atomic E-state index is 0.407. The Labute approximate surface area is 121 Å². The number of fused-ring (bicyclic) bond motifs is 1. The fourth-order valence-corrected chi connectivity index (χ4v) is 2.13. The number of aromatic nitrogens is 3. The molecule has 5 heteroatoms. The molecule has 5 nitrogen and oxygen atoms in total. The van der Waals surface area contributed by atoms with E-state index in [4.69, 9.17) is 4.98 Å². The molecule has 20 heavy (non-hydrogen) atoms. The monoisotopic (exact) mass is 275 g/mol. The van der Waals surface area contributed by atoms with E-state index in [1.807, 2.05) is 23.0 Å². The minimum absolute atomic E-state index is 0.407. The molecule has 1 unspecified atom stereocenters. The number of hydrogen-bond donors (Lipinski definition) is 1. The summed E-state index contributed by atoms with van der Waals surface area (Å²) in [5, 5.41) is 3.35. The maximum absolute atomic E-state index is 4.75. The molecule has 1 atom stereocenters. The van der Waals surface area contributed by atoms with Crippen LogP contribution in [0.1, 0.15) is 34.1 Å². The molecule has 0 amide bonds. The van der Waals surface area contributed by atoms with Crippen molar-refractivity contribution >= 4 is 17.3 Å². The standard InChI is InChI=1S/C15H25N5/c1-6-7-16-13-10-20-9-8-17-14(20)15(18-13)19(5)12(4)11(2)3/h8-12,16H,6-7H2,1-5H3. The second-order valence-corrected chi connectivity index (χ2v) is 5.63. The summed E-state index contributed by atoms with van der Waals surface area (Å²) in [7, 11) is 2.09. The smallest absolute Gasteiger partial charge is 0.180 e. The molecular weight excluding hydrogens is 250 g/mol. The molecule has 2 rings (SSSR count). The van der Waals surface area contributed by atoms with Crippen LogP contribution in [0, 0.1) is 5.92 Å². The van der Waals surface area contributed by atoms with Crippen molar-refractivity contribution in [3.63, 3.8) is 0 Å². The first kappa shape index (κ1) is 14.6. The molecule has 2 aromatic heterocycles. The zero-order valence-electron chi connectivity index (χ0n) is 13.1. The topological polar surface area (TPSA) is 45.5 Å². The molecular formula is C15H25N5. The predicted molar refractivity (Wildman–Crippen MR) is 84.5 cm³/mol. The van der Waals surface area contributed by atoms with Crippen LogP contribution in [0.5, 0.6) is 0 Å². The van der Waals surface area contributed by atoms with E-state index in [1.54, 1.807) is 0 Å². The van der Waals surface area contributed by atoms with Gasteiger partial charge in [0, 0.05) is 32.0 Å². The van der Waals surface area contributed by atoms with Crippen molar-refractivity contribution in [1.82, 2.24) is 14.4 Å². The molecule has 0 radical (unpaired) electrons. The second-order valence-electron chi connectivity index (χ2n) is 5.63. The highest BCUT2D eigenvalue weighted by atomic mass is 15.2. The van der Waals surface area contributed by atoms with Crippen molar-refractivity contribution in [3.8, 4) is 0 Å². The van der Waals surface area contributed by atoms with Crippen LogP contribution in [-0.4, -0.2) is 34.0 Å². The summed E-state index contributed by atoms with van der Waals surface area (Å²) < 4.78 is 2.03. The molecule has 0 bridgehead atoms. The van der Waals surface area contributed by atoms with Crippen molar-refractivity contribution in [2.45, 2.75) is 40.2 Å². The van der Waals surface area contributed by atoms with Crippen LogP contribution < -0.4 is 10.2 Å². The lowest BCUT2D eigenvalue weighted by molar-refractivity contribution is 0.503. The molecule has 0 spiro atoms. The first-order chi connectivity index (χ1) is 9.54. The van der Waals surface area contributed by atoms with Crippen LogP contribution in [-0.2, 0) is 0 Å². The summed E-state index contributed by atoms with van der Waals surface area (Å²) in [6.45, 7) is 9.75. The lowest BCUT2D eigenvalue weighted by Crippen LogP contribution is -2.34. The van der Waals surface area contributed by atoms with Gasteiger partial charge in [-0.15, -0.1) is 0 Å². The van der Waals surface area contributed by atoms with Crippen molar-refractivity contribution in [3.05, 3.63) is 18.6 Å². The van der Waals surface area contributed by atoms with Gasteiger partial charge in [-0.2, -0.15) is 0 Å². The van der Waals surface area contributed by atoms with Gasteiger partial charge in [-0.3, -0.25) is 0 Å². The Balaban J connectivity index is 2.41. The second kappa shape index (κ2) is 6.11. The molecule has 1 N–H and O–H groups in total. The average molecular weight is 275 g/mol. The molecule has 0 saturated heterocycles. The fraction of sp³-hybridized carbons (Fsp3) is 0.600. The minimum Gasteiger partial charge on any atom is -0.369 e. The van der Waals surface area contributed by atoms with Crippen LogP contribution in [0.2, 0.25) is 0 Å². The van der Waals surface area contributed by atoms with Crippen LogP contribution >= 0.6 is 0 Å². The number of rotatable bonds is 6. The Hall–Kier alpha value is -1.78. The highest BCUT2D eigenvalue weighted by molar-refractivity contribution is 5.66. The summed E-state index contributed by atoms with van der Waals surface area (Å²) in [5.74, 6) is 2.39.